The first kappa shape index (κ1) is 81.8. The summed E-state index contributed by atoms with van der Waals surface area (Å²) in [5, 5.41) is 48.2. The average molecular weight is 1410 g/mol. The Morgan fingerprint density at radius 3 is 0.602 bits per heavy atom. The second-order valence-electron chi connectivity index (χ2n) is 25.5. The Kier molecular flexibility index (Phi) is 33.5. The van der Waals surface area contributed by atoms with Crippen molar-refractivity contribution in [3.63, 3.8) is 0 Å². The largest absolute Gasteiger partial charge is 2.00 e. The molecule has 0 atom stereocenters. The number of carbonyl (C=O) groups excluding carboxylic acids is 4. The molecule has 0 N–H and O–H groups in total. The Bertz CT molecular complexity index is 3610. The molecule has 0 bridgehead atoms. The summed E-state index contributed by atoms with van der Waals surface area (Å²) >= 11 is 0. The number of nitrogens with zero attached hydrogens (tertiary/aromatic N) is 8. The van der Waals surface area contributed by atoms with Crippen molar-refractivity contribution in [1.29, 1.82) is 0 Å². The van der Waals surface area contributed by atoms with E-state index in [9.17, 15) is 39.6 Å². The molecular formula is C80H80Cu2N8O8. The van der Waals surface area contributed by atoms with E-state index in [0.717, 1.165) is 24.3 Å². The maximum absolute atomic E-state index is 12.2. The minimum atomic E-state index is -0.643. The molecule has 2 aromatic carbocycles. The maximum Gasteiger partial charge on any atom is 2.00 e. The molecule has 18 heteroatoms. The molecule has 0 aliphatic heterocycles. The molecule has 98 heavy (non-hydrogen) atoms. The summed E-state index contributed by atoms with van der Waals surface area (Å²) in [5.74, 6) is -2.92. The number of allylic oxidation sites excluding steroid dienone is 6. The van der Waals surface area contributed by atoms with Gasteiger partial charge in [0, 0.05) is 121 Å². The van der Waals surface area contributed by atoms with Crippen LogP contribution in [0.15, 0.2) is 281 Å². The molecule has 16 nitrogen and oxygen atoms in total. The van der Waals surface area contributed by atoms with Crippen molar-refractivity contribution in [1.82, 2.24) is 39.9 Å². The van der Waals surface area contributed by atoms with E-state index in [1.807, 2.05) is 97.1 Å². The summed E-state index contributed by atoms with van der Waals surface area (Å²) in [6.07, 6.45) is 32.8. The van der Waals surface area contributed by atoms with Crippen LogP contribution < -0.4 is 20.4 Å². The molecule has 0 aliphatic carbocycles. The Balaban J connectivity index is 0.000000313. The first-order valence-corrected chi connectivity index (χ1v) is 30.7. The van der Waals surface area contributed by atoms with Crippen molar-refractivity contribution in [2.45, 2.75) is 83.1 Å². The molecule has 0 aliphatic rings. The number of carbonyl (C=O) groups is 4. The normalized spacial score (nSPS) is 11.5. The number of aromatic nitrogens is 8. The number of hydrogen-bond donors (Lipinski definition) is 0. The third-order valence-corrected chi connectivity index (χ3v) is 13.6. The van der Waals surface area contributed by atoms with Gasteiger partial charge in [0.15, 0.2) is 23.1 Å². The fraction of sp³-hybridized carbons (Fsp3) is 0.200. The molecular weight excluding hydrogens is 1330 g/mol. The van der Waals surface area contributed by atoms with Gasteiger partial charge in [0.1, 0.15) is 0 Å². The number of pyridine rings is 8. The smallest absolute Gasteiger partial charge is 0.875 e. The van der Waals surface area contributed by atoms with Gasteiger partial charge < -0.3 is 20.4 Å². The molecule has 0 amide bonds. The fourth-order valence-corrected chi connectivity index (χ4v) is 7.68. The summed E-state index contributed by atoms with van der Waals surface area (Å²) < 4.78 is 0. The van der Waals surface area contributed by atoms with Crippen LogP contribution in [0.5, 0.6) is 0 Å². The van der Waals surface area contributed by atoms with E-state index >= 15 is 0 Å². The summed E-state index contributed by atoms with van der Waals surface area (Å²) in [4.78, 5) is 79.9. The van der Waals surface area contributed by atoms with Crippen LogP contribution in [0.2, 0.25) is 0 Å². The Hall–Kier alpha value is -10.5. The molecule has 8 heterocycles. The molecule has 0 saturated carbocycles. The number of ketones is 4. The SMILES string of the molecule is CC(C)(C)C(=O)/C=C(\[O-])c1cccc(C(=O)/C=C(\[O-])C(C)(C)C)c1.CC(C)(C)C(=O)/C=C(\[O-])c1cccc(C(=O)/C=C(\[O-])C(C)(C)C)c1.[Cu+2].[Cu+2].c1cc(-c2ccncc2)ccn1.c1cc(-c2ccncc2)ccn1.c1cc(-c2ccncc2)ccn1.c1cc(-c2ccncc2)ccn1. The van der Waals surface area contributed by atoms with Crippen LogP contribution in [0.3, 0.4) is 0 Å². The van der Waals surface area contributed by atoms with Crippen LogP contribution >= 0.6 is 0 Å². The summed E-state index contributed by atoms with van der Waals surface area (Å²) in [7, 11) is 0. The second kappa shape index (κ2) is 40.2. The van der Waals surface area contributed by atoms with Crippen LogP contribution in [-0.4, -0.2) is 63.0 Å². The Morgan fingerprint density at radius 1 is 0.265 bits per heavy atom. The molecule has 510 valence electrons. The van der Waals surface area contributed by atoms with Gasteiger partial charge in [0.25, 0.3) is 0 Å². The predicted molar refractivity (Wildman–Crippen MR) is 371 cm³/mol. The van der Waals surface area contributed by atoms with Crippen LogP contribution in [0.1, 0.15) is 115 Å². The molecule has 8 aromatic heterocycles. The van der Waals surface area contributed by atoms with Gasteiger partial charge in [-0.05, 0) is 200 Å². The van der Waals surface area contributed by atoms with Crippen LogP contribution in [-0.2, 0) is 43.7 Å². The minimum Gasteiger partial charge on any atom is -0.875 e. The molecule has 10 aromatic rings. The molecule has 0 fully saturated rings. The van der Waals surface area contributed by atoms with Crippen molar-refractivity contribution in [2.75, 3.05) is 0 Å². The van der Waals surface area contributed by atoms with Crippen LogP contribution in [0, 0.1) is 21.7 Å². The zero-order valence-corrected chi connectivity index (χ0v) is 58.7. The topological polar surface area (TPSA) is 264 Å². The van der Waals surface area contributed by atoms with Crippen LogP contribution in [0.4, 0.5) is 0 Å². The predicted octanol–water partition coefficient (Wildman–Crippen LogP) is 13.5. The van der Waals surface area contributed by atoms with Gasteiger partial charge in [-0.15, -0.1) is 11.5 Å². The maximum atomic E-state index is 12.2. The van der Waals surface area contributed by atoms with E-state index in [1.54, 1.807) is 194 Å². The Labute approximate surface area is 596 Å². The van der Waals surface area contributed by atoms with E-state index < -0.39 is 44.7 Å². The zero-order valence-electron chi connectivity index (χ0n) is 56.9. The third kappa shape index (κ3) is 28.8. The monoisotopic (exact) mass is 1410 g/mol. The summed E-state index contributed by atoms with van der Waals surface area (Å²) in [6, 6.07) is 43.8. The zero-order chi connectivity index (χ0) is 70.3. The van der Waals surface area contributed by atoms with Crippen molar-refractivity contribution < 1.29 is 73.7 Å². The number of rotatable bonds is 12. The molecule has 10 rings (SSSR count). The van der Waals surface area contributed by atoms with Crippen molar-refractivity contribution in [3.05, 3.63) is 303 Å². The second-order valence-corrected chi connectivity index (χ2v) is 25.5. The summed E-state index contributed by atoms with van der Waals surface area (Å²) in [5.41, 5.74) is 7.80. The molecule has 0 spiro atoms. The summed E-state index contributed by atoms with van der Waals surface area (Å²) in [6.45, 7) is 20.7. The minimum absolute atomic E-state index is 0. The van der Waals surface area contributed by atoms with Gasteiger partial charge in [-0.1, -0.05) is 131 Å². The standard InChI is InChI=1S/2C20H26O4.4C10H8N2.2Cu/c2*1-19(2,3)17(23)11-15(21)13-8-7-9-14(10-13)16(22)12-18(24)20(4,5)6;4*1-5-11-6-2-9(1)10-3-7-12-8-4-10;;/h2*7-12,21,24H,1-6H3;4*1-8H;;/q;;;;;;2*+2/p-4/b2*15-11-,18-12-;;;;;;. The number of hydrogen-bond acceptors (Lipinski definition) is 16. The van der Waals surface area contributed by atoms with Gasteiger partial charge in [-0.25, -0.2) is 0 Å². The Morgan fingerprint density at radius 2 is 0.439 bits per heavy atom. The molecule has 2 radical (unpaired) electrons. The van der Waals surface area contributed by atoms with E-state index in [2.05, 4.69) is 39.9 Å². The first-order chi connectivity index (χ1) is 45.5. The van der Waals surface area contributed by atoms with Gasteiger partial charge in [-0.3, -0.25) is 59.0 Å². The third-order valence-electron chi connectivity index (χ3n) is 13.6. The van der Waals surface area contributed by atoms with Gasteiger partial charge in [0.05, 0.1) is 0 Å². The van der Waals surface area contributed by atoms with E-state index in [1.165, 1.54) is 80.9 Å². The molecule has 0 saturated heterocycles. The van der Waals surface area contributed by atoms with Gasteiger partial charge in [-0.2, -0.15) is 0 Å². The van der Waals surface area contributed by atoms with Gasteiger partial charge >= 0.3 is 34.1 Å². The van der Waals surface area contributed by atoms with Crippen molar-refractivity contribution in [2.24, 2.45) is 21.7 Å². The fourth-order valence-electron chi connectivity index (χ4n) is 7.68. The van der Waals surface area contributed by atoms with Crippen molar-refractivity contribution >= 4 is 34.7 Å². The quantitative estimate of drug-likeness (QED) is 0.0476. The average Bonchev–Trinajstić information content (AvgIpc) is 0.866. The number of benzene rings is 2. The van der Waals surface area contributed by atoms with E-state index in [-0.39, 0.29) is 79.5 Å². The van der Waals surface area contributed by atoms with E-state index in [4.69, 9.17) is 0 Å². The van der Waals surface area contributed by atoms with Crippen molar-refractivity contribution in [3.8, 4) is 44.5 Å². The van der Waals surface area contributed by atoms with Gasteiger partial charge in [0.2, 0.25) is 0 Å². The van der Waals surface area contributed by atoms with E-state index in [0.29, 0.717) is 0 Å². The first-order valence-electron chi connectivity index (χ1n) is 30.7. The van der Waals surface area contributed by atoms with Crippen LogP contribution in [0.25, 0.3) is 56.0 Å². The molecule has 0 unspecified atom stereocenters.